The first-order chi connectivity index (χ1) is 6.58. The van der Waals surface area contributed by atoms with Crippen LogP contribution in [-0.4, -0.2) is 55.5 Å². The van der Waals surface area contributed by atoms with Crippen LogP contribution in [0.4, 0.5) is 0 Å². The Morgan fingerprint density at radius 3 is 2.57 bits per heavy atom. The van der Waals surface area contributed by atoms with E-state index in [1.807, 2.05) is 6.92 Å². The maximum Gasteiger partial charge on any atom is 0.163 e. The molecule has 0 aromatic carbocycles. The first-order valence-electron chi connectivity index (χ1n) is 4.60. The summed E-state index contributed by atoms with van der Waals surface area (Å²) < 4.78 is 0. The van der Waals surface area contributed by atoms with Crippen LogP contribution in [-0.2, 0) is 4.79 Å². The largest absolute Gasteiger partial charge is 0.365 e. The number of hydrogen-bond donors (Lipinski definition) is 4. The highest BCUT2D eigenvalue weighted by Crippen LogP contribution is 1.97. The van der Waals surface area contributed by atoms with Gasteiger partial charge in [-0.15, -0.1) is 0 Å². The fourth-order valence-corrected chi connectivity index (χ4v) is 1.11. The highest BCUT2D eigenvalue weighted by atomic mass is 16.3. The second kappa shape index (κ2) is 6.86. The molecule has 0 heterocycles. The number of nitrogens with one attached hydrogen (secondary N) is 2. The van der Waals surface area contributed by atoms with Gasteiger partial charge in [-0.3, -0.25) is 10.2 Å². The van der Waals surface area contributed by atoms with Crippen molar-refractivity contribution in [2.24, 2.45) is 5.73 Å². The van der Waals surface area contributed by atoms with Crippen LogP contribution in [0.1, 0.15) is 6.92 Å². The molecule has 0 aliphatic carbocycles. The molecule has 0 saturated carbocycles. The zero-order valence-electron chi connectivity index (χ0n) is 8.90. The van der Waals surface area contributed by atoms with E-state index in [2.05, 4.69) is 10.6 Å². The Hall–Kier alpha value is -0.530. The molecular weight excluding hydrogens is 184 g/mol. The average Bonchev–Trinajstić information content (AvgIpc) is 2.22. The van der Waals surface area contributed by atoms with E-state index >= 15 is 0 Å². The number of likely N-dealkylation sites (N-methyl/N-ethyl adjacent to an activating group) is 2. The smallest absolute Gasteiger partial charge is 0.163 e. The minimum atomic E-state index is -0.855. The molecule has 3 unspecified atom stereocenters. The SMILES string of the molecule is CCNC(C=O)C(N)N(C)C(O)NC. The van der Waals surface area contributed by atoms with E-state index in [1.54, 1.807) is 14.1 Å². The monoisotopic (exact) mass is 204 g/mol. The number of aldehydes is 1. The summed E-state index contributed by atoms with van der Waals surface area (Å²) in [6, 6.07) is -0.479. The molecule has 5 N–H and O–H groups in total. The summed E-state index contributed by atoms with van der Waals surface area (Å²) in [5.41, 5.74) is 5.77. The summed E-state index contributed by atoms with van der Waals surface area (Å²) in [5.74, 6) is 0. The highest BCUT2D eigenvalue weighted by molar-refractivity contribution is 5.58. The first kappa shape index (κ1) is 13.5. The van der Waals surface area contributed by atoms with Crippen LogP contribution in [0.25, 0.3) is 0 Å². The van der Waals surface area contributed by atoms with Crippen LogP contribution < -0.4 is 16.4 Å². The lowest BCUT2D eigenvalue weighted by Crippen LogP contribution is -2.60. The summed E-state index contributed by atoms with van der Waals surface area (Å²) >= 11 is 0. The van der Waals surface area contributed by atoms with Crippen LogP contribution >= 0.6 is 0 Å². The number of aliphatic hydroxyl groups is 1. The zero-order valence-corrected chi connectivity index (χ0v) is 8.90. The average molecular weight is 204 g/mol. The molecule has 0 aliphatic heterocycles. The maximum atomic E-state index is 10.7. The van der Waals surface area contributed by atoms with E-state index in [-0.39, 0.29) is 0 Å². The van der Waals surface area contributed by atoms with Crippen molar-refractivity contribution in [2.45, 2.75) is 25.5 Å². The van der Waals surface area contributed by atoms with Crippen LogP contribution in [0.2, 0.25) is 0 Å². The minimum Gasteiger partial charge on any atom is -0.365 e. The van der Waals surface area contributed by atoms with Crippen molar-refractivity contribution in [3.8, 4) is 0 Å². The standard InChI is InChI=1S/C8H20N4O2/c1-4-11-6(5-13)7(9)12(3)8(14)10-2/h5-8,10-11,14H,4,9H2,1-3H3. The van der Waals surface area contributed by atoms with Gasteiger partial charge in [0.2, 0.25) is 0 Å². The van der Waals surface area contributed by atoms with Gasteiger partial charge in [0, 0.05) is 0 Å². The van der Waals surface area contributed by atoms with Gasteiger partial charge in [-0.1, -0.05) is 6.92 Å². The quantitative estimate of drug-likeness (QED) is 0.280. The van der Waals surface area contributed by atoms with E-state index < -0.39 is 18.6 Å². The lowest BCUT2D eigenvalue weighted by atomic mass is 10.2. The van der Waals surface area contributed by atoms with Crippen LogP contribution in [0.3, 0.4) is 0 Å². The normalized spacial score (nSPS) is 17.9. The second-order valence-electron chi connectivity index (χ2n) is 3.04. The number of carbonyl (C=O) groups excluding carboxylic acids is 1. The summed E-state index contributed by atoms with van der Waals surface area (Å²) in [5, 5.41) is 14.9. The van der Waals surface area contributed by atoms with Crippen molar-refractivity contribution in [3.63, 3.8) is 0 Å². The number of rotatable bonds is 7. The van der Waals surface area contributed by atoms with E-state index in [4.69, 9.17) is 5.73 Å². The maximum absolute atomic E-state index is 10.7. The van der Waals surface area contributed by atoms with E-state index in [1.165, 1.54) is 4.90 Å². The predicted octanol–water partition coefficient (Wildman–Crippen LogP) is -2.12. The minimum absolute atomic E-state index is 0.479. The molecular formula is C8H20N4O2. The summed E-state index contributed by atoms with van der Waals surface area (Å²) in [6.45, 7) is 2.54. The van der Waals surface area contributed by atoms with Crippen molar-refractivity contribution in [1.82, 2.24) is 15.5 Å². The molecule has 6 nitrogen and oxygen atoms in total. The van der Waals surface area contributed by atoms with Gasteiger partial charge in [-0.05, 0) is 20.6 Å². The molecule has 0 spiro atoms. The summed E-state index contributed by atoms with van der Waals surface area (Å²) in [4.78, 5) is 12.2. The van der Waals surface area contributed by atoms with Gasteiger partial charge >= 0.3 is 0 Å². The Morgan fingerprint density at radius 2 is 2.21 bits per heavy atom. The third-order valence-electron chi connectivity index (χ3n) is 2.07. The molecule has 84 valence electrons. The molecule has 0 rings (SSSR count). The number of nitrogens with zero attached hydrogens (tertiary/aromatic N) is 1. The molecule has 0 amide bonds. The van der Waals surface area contributed by atoms with Crippen molar-refractivity contribution < 1.29 is 9.90 Å². The lowest BCUT2D eigenvalue weighted by molar-refractivity contribution is -0.112. The second-order valence-corrected chi connectivity index (χ2v) is 3.04. The van der Waals surface area contributed by atoms with E-state index in [0.717, 1.165) is 6.29 Å². The Kier molecular flexibility index (Phi) is 6.60. The van der Waals surface area contributed by atoms with Crippen molar-refractivity contribution in [3.05, 3.63) is 0 Å². The van der Waals surface area contributed by atoms with Gasteiger partial charge < -0.3 is 21.0 Å². The fraction of sp³-hybridized carbons (Fsp3) is 0.875. The van der Waals surface area contributed by atoms with Crippen LogP contribution in [0.5, 0.6) is 0 Å². The molecule has 0 bridgehead atoms. The van der Waals surface area contributed by atoms with Crippen LogP contribution in [0.15, 0.2) is 0 Å². The van der Waals surface area contributed by atoms with Crippen molar-refractivity contribution in [2.75, 3.05) is 20.6 Å². The van der Waals surface area contributed by atoms with Crippen molar-refractivity contribution >= 4 is 6.29 Å². The van der Waals surface area contributed by atoms with Gasteiger partial charge in [0.15, 0.2) is 6.35 Å². The van der Waals surface area contributed by atoms with Gasteiger partial charge in [-0.2, -0.15) is 0 Å². The van der Waals surface area contributed by atoms with Gasteiger partial charge in [0.1, 0.15) is 6.29 Å². The van der Waals surface area contributed by atoms with Gasteiger partial charge in [0.05, 0.1) is 12.2 Å². The van der Waals surface area contributed by atoms with E-state index in [0.29, 0.717) is 6.54 Å². The first-order valence-corrected chi connectivity index (χ1v) is 4.60. The Bertz CT molecular complexity index is 167. The summed E-state index contributed by atoms with van der Waals surface area (Å²) in [6.07, 6.45) is -0.673. The third kappa shape index (κ3) is 3.69. The number of hydrogen-bond acceptors (Lipinski definition) is 6. The summed E-state index contributed by atoms with van der Waals surface area (Å²) in [7, 11) is 3.25. The molecule has 0 aromatic rings. The fourth-order valence-electron chi connectivity index (χ4n) is 1.11. The predicted molar refractivity (Wildman–Crippen MR) is 54.3 cm³/mol. The molecule has 0 saturated heterocycles. The van der Waals surface area contributed by atoms with E-state index in [9.17, 15) is 9.90 Å². The highest BCUT2D eigenvalue weighted by Gasteiger charge is 2.23. The molecule has 3 atom stereocenters. The molecule has 0 aliphatic rings. The lowest BCUT2D eigenvalue weighted by Gasteiger charge is -2.32. The molecule has 0 aromatic heterocycles. The van der Waals surface area contributed by atoms with Gasteiger partial charge in [-0.25, -0.2) is 0 Å². The topological polar surface area (TPSA) is 90.6 Å². The zero-order chi connectivity index (χ0) is 11.1. The van der Waals surface area contributed by atoms with Gasteiger partial charge in [0.25, 0.3) is 0 Å². The molecule has 6 heteroatoms. The molecule has 0 fully saturated rings. The third-order valence-corrected chi connectivity index (χ3v) is 2.07. The number of aliphatic hydroxyl groups excluding tert-OH is 1. The number of carbonyl (C=O) groups is 1. The Labute approximate surface area is 84.4 Å². The number of nitrogens with two attached hydrogens (primary N) is 1. The van der Waals surface area contributed by atoms with Crippen LogP contribution in [0, 0.1) is 0 Å². The Balaban J connectivity index is 4.25. The molecule has 14 heavy (non-hydrogen) atoms. The van der Waals surface area contributed by atoms with Crippen molar-refractivity contribution in [1.29, 1.82) is 0 Å². The molecule has 0 radical (unpaired) electrons. The Morgan fingerprint density at radius 1 is 1.64 bits per heavy atom.